The van der Waals surface area contributed by atoms with Crippen LogP contribution in [0.15, 0.2) is 36.4 Å². The predicted molar refractivity (Wildman–Crippen MR) is 128 cm³/mol. The van der Waals surface area contributed by atoms with Gasteiger partial charge in [-0.1, -0.05) is 26.0 Å². The number of phenols is 1. The maximum atomic E-state index is 11.4. The van der Waals surface area contributed by atoms with Crippen LogP contribution in [0.4, 0.5) is 0 Å². The molecule has 3 rings (SSSR count). The molecule has 5 N–H and O–H groups in total. The fraction of sp³-hybridized carbons (Fsp3) is 0.500. The van der Waals surface area contributed by atoms with Crippen molar-refractivity contribution >= 4 is 5.97 Å². The molecule has 0 aliphatic carbocycles. The molecule has 10 heteroatoms. The fourth-order valence-electron chi connectivity index (χ4n) is 4.21. The molecular weight excluding hydrogens is 472 g/mol. The van der Waals surface area contributed by atoms with E-state index in [1.165, 1.54) is 14.2 Å². The number of aromatic hydroxyl groups is 1. The van der Waals surface area contributed by atoms with Crippen LogP contribution in [0.1, 0.15) is 25.0 Å². The number of phenolic OH excluding ortho intramolecular Hbond substituents is 1. The Morgan fingerprint density at radius 1 is 0.861 bits per heavy atom. The minimum Gasteiger partial charge on any atom is -0.504 e. The first-order valence-electron chi connectivity index (χ1n) is 11.7. The van der Waals surface area contributed by atoms with E-state index in [-0.39, 0.29) is 23.3 Å². The number of ether oxygens (including phenoxy) is 4. The molecule has 0 aromatic heterocycles. The molecule has 0 bridgehead atoms. The molecule has 0 spiro atoms. The highest BCUT2D eigenvalue weighted by atomic mass is 16.7. The van der Waals surface area contributed by atoms with E-state index in [1.54, 1.807) is 18.2 Å². The van der Waals surface area contributed by atoms with Gasteiger partial charge in [0, 0.05) is 0 Å². The lowest BCUT2D eigenvalue weighted by Gasteiger charge is -2.38. The van der Waals surface area contributed by atoms with Gasteiger partial charge in [-0.15, -0.1) is 0 Å². The molecule has 7 unspecified atom stereocenters. The Kier molecular flexibility index (Phi) is 9.02. The monoisotopic (exact) mass is 506 g/mol. The minimum atomic E-state index is -1.80. The third-order valence-electron chi connectivity index (χ3n) is 6.62. The first-order valence-corrected chi connectivity index (χ1v) is 11.7. The van der Waals surface area contributed by atoms with Crippen molar-refractivity contribution in [3.8, 4) is 23.0 Å². The summed E-state index contributed by atoms with van der Waals surface area (Å²) in [6.45, 7) is 4.26. The highest BCUT2D eigenvalue weighted by molar-refractivity contribution is 5.73. The normalized spacial score (nSPS) is 25.6. The van der Waals surface area contributed by atoms with Crippen LogP contribution in [0.25, 0.3) is 0 Å². The predicted octanol–water partition coefficient (Wildman–Crippen LogP) is 1.74. The van der Waals surface area contributed by atoms with E-state index in [9.17, 15) is 30.3 Å². The number of carboxylic acid groups (broad SMARTS) is 1. The van der Waals surface area contributed by atoms with Crippen LogP contribution in [-0.2, 0) is 22.4 Å². The number of hydrogen-bond donors (Lipinski definition) is 5. The summed E-state index contributed by atoms with van der Waals surface area (Å²) in [5.41, 5.74) is 1.95. The topological polar surface area (TPSA) is 155 Å². The Morgan fingerprint density at radius 3 is 1.97 bits per heavy atom. The van der Waals surface area contributed by atoms with Crippen LogP contribution in [0.5, 0.6) is 23.0 Å². The third-order valence-corrected chi connectivity index (χ3v) is 6.62. The summed E-state index contributed by atoms with van der Waals surface area (Å²) in [5, 5.41) is 49.3. The molecule has 1 aliphatic heterocycles. The second-order valence-corrected chi connectivity index (χ2v) is 9.21. The molecule has 1 aliphatic rings. The maximum Gasteiger partial charge on any atom is 0.335 e. The molecule has 0 saturated carbocycles. The number of aliphatic hydroxyl groups is 3. The molecule has 10 nitrogen and oxygen atoms in total. The molecule has 0 amide bonds. The smallest absolute Gasteiger partial charge is 0.335 e. The standard InChI is InChI=1S/C26H34O10/c1-13(9-15-5-7-17(27)19(11-15)34-4)14(2)10-16-6-8-18(33-3)20(12-16)35-26-23(30)21(28)22(29)24(36-26)25(31)32/h5-8,11-14,21-24,26-30H,9-10H2,1-4H3,(H,31,32). The van der Waals surface area contributed by atoms with Crippen molar-refractivity contribution < 1.29 is 49.3 Å². The van der Waals surface area contributed by atoms with Gasteiger partial charge in [0.25, 0.3) is 0 Å². The molecule has 2 aromatic carbocycles. The van der Waals surface area contributed by atoms with Gasteiger partial charge >= 0.3 is 5.97 Å². The second-order valence-electron chi connectivity index (χ2n) is 9.21. The van der Waals surface area contributed by atoms with Gasteiger partial charge in [0.1, 0.15) is 18.3 Å². The lowest BCUT2D eigenvalue weighted by atomic mass is 9.85. The third kappa shape index (κ3) is 6.19. The van der Waals surface area contributed by atoms with Gasteiger partial charge < -0.3 is 44.5 Å². The number of carboxylic acids is 1. The average molecular weight is 507 g/mol. The van der Waals surface area contributed by atoms with Crippen molar-refractivity contribution in [2.45, 2.75) is 57.4 Å². The summed E-state index contributed by atoms with van der Waals surface area (Å²) in [6, 6.07) is 10.6. The van der Waals surface area contributed by atoms with Gasteiger partial charge in [0.2, 0.25) is 6.29 Å². The van der Waals surface area contributed by atoms with E-state index in [0.717, 1.165) is 17.5 Å². The molecule has 1 saturated heterocycles. The Bertz CT molecular complexity index is 1040. The van der Waals surface area contributed by atoms with Gasteiger partial charge in [-0.3, -0.25) is 0 Å². The zero-order chi connectivity index (χ0) is 26.6. The Hall–Kier alpha value is -3.05. The summed E-state index contributed by atoms with van der Waals surface area (Å²) in [7, 11) is 2.95. The molecule has 7 atom stereocenters. The Morgan fingerprint density at radius 2 is 1.42 bits per heavy atom. The van der Waals surface area contributed by atoms with Crippen LogP contribution in [0.2, 0.25) is 0 Å². The first-order chi connectivity index (χ1) is 17.0. The van der Waals surface area contributed by atoms with Gasteiger partial charge in [-0.05, 0) is 60.1 Å². The summed E-state index contributed by atoms with van der Waals surface area (Å²) < 4.78 is 21.5. The largest absolute Gasteiger partial charge is 0.504 e. The number of rotatable bonds is 10. The molecule has 1 fully saturated rings. The van der Waals surface area contributed by atoms with E-state index >= 15 is 0 Å². The van der Waals surface area contributed by atoms with Crippen LogP contribution >= 0.6 is 0 Å². The molecule has 198 valence electrons. The number of aliphatic carboxylic acids is 1. The lowest BCUT2D eigenvalue weighted by Crippen LogP contribution is -2.61. The zero-order valence-corrected chi connectivity index (χ0v) is 20.7. The summed E-state index contributed by atoms with van der Waals surface area (Å²) in [4.78, 5) is 11.4. The van der Waals surface area contributed by atoms with E-state index < -0.39 is 36.7 Å². The number of aliphatic hydroxyl groups excluding tert-OH is 3. The van der Waals surface area contributed by atoms with Crippen LogP contribution in [-0.4, -0.2) is 76.4 Å². The molecule has 1 heterocycles. The Labute approximate surface area is 209 Å². The average Bonchev–Trinajstić information content (AvgIpc) is 2.85. The SMILES string of the molecule is COc1cc(CC(C)C(C)Cc2ccc(OC)c(OC3OC(C(=O)O)C(O)C(O)C3O)c2)ccc1O. The highest BCUT2D eigenvalue weighted by Crippen LogP contribution is 2.34. The molecular formula is C26H34O10. The van der Waals surface area contributed by atoms with Crippen molar-refractivity contribution in [3.05, 3.63) is 47.5 Å². The lowest BCUT2D eigenvalue weighted by molar-refractivity contribution is -0.271. The van der Waals surface area contributed by atoms with E-state index in [4.69, 9.17) is 18.9 Å². The molecule has 36 heavy (non-hydrogen) atoms. The Balaban J connectivity index is 1.73. The van der Waals surface area contributed by atoms with E-state index in [2.05, 4.69) is 13.8 Å². The molecule has 0 radical (unpaired) electrons. The second kappa shape index (κ2) is 11.8. The summed E-state index contributed by atoms with van der Waals surface area (Å²) in [5.74, 6) is 0.0967. The van der Waals surface area contributed by atoms with Gasteiger partial charge in [0.15, 0.2) is 29.1 Å². The summed E-state index contributed by atoms with van der Waals surface area (Å²) >= 11 is 0. The first kappa shape index (κ1) is 27.5. The maximum absolute atomic E-state index is 11.4. The van der Waals surface area contributed by atoms with Crippen molar-refractivity contribution in [2.24, 2.45) is 11.8 Å². The number of hydrogen-bond acceptors (Lipinski definition) is 9. The number of benzene rings is 2. The van der Waals surface area contributed by atoms with Crippen molar-refractivity contribution in [2.75, 3.05) is 14.2 Å². The van der Waals surface area contributed by atoms with Crippen LogP contribution in [0.3, 0.4) is 0 Å². The molecule has 2 aromatic rings. The van der Waals surface area contributed by atoms with Gasteiger partial charge in [-0.25, -0.2) is 4.79 Å². The quantitative estimate of drug-likeness (QED) is 0.322. The van der Waals surface area contributed by atoms with Crippen molar-refractivity contribution in [1.29, 1.82) is 0 Å². The minimum absolute atomic E-state index is 0.0940. The van der Waals surface area contributed by atoms with Gasteiger partial charge in [0.05, 0.1) is 14.2 Å². The highest BCUT2D eigenvalue weighted by Gasteiger charge is 2.48. The van der Waals surface area contributed by atoms with Crippen LogP contribution in [0, 0.1) is 11.8 Å². The number of carbonyl (C=O) groups is 1. The fourth-order valence-corrected chi connectivity index (χ4v) is 4.21. The van der Waals surface area contributed by atoms with Crippen molar-refractivity contribution in [1.82, 2.24) is 0 Å². The van der Waals surface area contributed by atoms with Crippen LogP contribution < -0.4 is 14.2 Å². The van der Waals surface area contributed by atoms with Gasteiger partial charge in [-0.2, -0.15) is 0 Å². The van der Waals surface area contributed by atoms with E-state index in [1.807, 2.05) is 18.2 Å². The number of methoxy groups -OCH3 is 2. The summed E-state index contributed by atoms with van der Waals surface area (Å²) in [6.07, 6.45) is -7.08. The zero-order valence-electron chi connectivity index (χ0n) is 20.7. The van der Waals surface area contributed by atoms with Crippen molar-refractivity contribution in [3.63, 3.8) is 0 Å². The van der Waals surface area contributed by atoms with E-state index in [0.29, 0.717) is 17.9 Å².